The van der Waals surface area contributed by atoms with E-state index >= 15 is 0 Å². The Labute approximate surface area is 275 Å². The average molecular weight is 676 g/mol. The van der Waals surface area contributed by atoms with E-state index in [1.54, 1.807) is 19.1 Å². The standard InChI is InChI=1S/C33H40Cl2N4O5S/c1-22(32(41)37-26-13-7-4-8-14-26)36-21-31(40)29(17-23-11-5-3-6-12-23)38-33(42)28-15-9-10-16-30(28)39(45(2,43)44)27-19-24(34)18-25(35)20-27/h3,5-6,9-12,15-16,18-20,22,26,29,31,36,40H,4,7-8,13-14,17,21H2,1-2H3,(H,37,41)(H,38,42)/t22-,29-,31+/m0/s1. The molecule has 4 rings (SSSR count). The van der Waals surface area contributed by atoms with Gasteiger partial charge in [0.25, 0.3) is 5.91 Å². The molecule has 1 aliphatic rings. The van der Waals surface area contributed by atoms with Crippen molar-refractivity contribution < 1.29 is 23.1 Å². The Morgan fingerprint density at radius 2 is 1.58 bits per heavy atom. The zero-order chi connectivity index (χ0) is 32.6. The molecule has 0 aromatic heterocycles. The second-order valence-electron chi connectivity index (χ2n) is 11.5. The Bertz CT molecular complexity index is 1550. The van der Waals surface area contributed by atoms with Crippen LogP contribution in [0.4, 0.5) is 11.4 Å². The molecule has 3 aromatic carbocycles. The van der Waals surface area contributed by atoms with Gasteiger partial charge in [-0.2, -0.15) is 0 Å². The van der Waals surface area contributed by atoms with Crippen molar-refractivity contribution in [1.29, 1.82) is 0 Å². The summed E-state index contributed by atoms with van der Waals surface area (Å²) in [5, 5.41) is 20.9. The first-order valence-electron chi connectivity index (χ1n) is 15.0. The Morgan fingerprint density at radius 3 is 2.22 bits per heavy atom. The number of halogens is 2. The second kappa shape index (κ2) is 15.9. The third-order valence-electron chi connectivity index (χ3n) is 7.84. The van der Waals surface area contributed by atoms with E-state index < -0.39 is 34.1 Å². The molecule has 3 atom stereocenters. The van der Waals surface area contributed by atoms with E-state index in [1.807, 2.05) is 30.3 Å². The molecular formula is C33H40Cl2N4O5S. The van der Waals surface area contributed by atoms with Gasteiger partial charge in [0.2, 0.25) is 15.9 Å². The van der Waals surface area contributed by atoms with E-state index in [2.05, 4.69) is 16.0 Å². The molecule has 3 aromatic rings. The Kier molecular flexibility index (Phi) is 12.3. The quantitative estimate of drug-likeness (QED) is 0.197. The van der Waals surface area contributed by atoms with Crippen molar-refractivity contribution in [2.45, 2.75) is 69.7 Å². The molecule has 1 saturated carbocycles. The number of aliphatic hydroxyl groups excluding tert-OH is 1. The lowest BCUT2D eigenvalue weighted by molar-refractivity contribution is -0.123. The van der Waals surface area contributed by atoms with Crippen molar-refractivity contribution >= 4 is 56.4 Å². The number of sulfonamides is 1. The van der Waals surface area contributed by atoms with Gasteiger partial charge in [-0.25, -0.2) is 12.7 Å². The van der Waals surface area contributed by atoms with Crippen LogP contribution in [0.5, 0.6) is 0 Å². The van der Waals surface area contributed by atoms with Crippen LogP contribution in [0.2, 0.25) is 10.0 Å². The lowest BCUT2D eigenvalue weighted by Gasteiger charge is -2.29. The van der Waals surface area contributed by atoms with Crippen molar-refractivity contribution in [3.05, 3.63) is 94.0 Å². The molecule has 9 nitrogen and oxygen atoms in total. The number of carbonyl (C=O) groups is 2. The first-order chi connectivity index (χ1) is 21.4. The lowest BCUT2D eigenvalue weighted by atomic mass is 9.95. The van der Waals surface area contributed by atoms with Gasteiger partial charge < -0.3 is 21.1 Å². The van der Waals surface area contributed by atoms with Crippen molar-refractivity contribution in [3.63, 3.8) is 0 Å². The minimum Gasteiger partial charge on any atom is -0.390 e. The Balaban J connectivity index is 1.55. The molecular weight excluding hydrogens is 635 g/mol. The molecule has 2 amide bonds. The van der Waals surface area contributed by atoms with E-state index in [4.69, 9.17) is 23.2 Å². The lowest BCUT2D eigenvalue weighted by Crippen LogP contribution is -2.53. The SMILES string of the molecule is C[C@H](NC[C@@H](O)[C@H](Cc1ccccc1)NC(=O)c1ccccc1N(c1cc(Cl)cc(Cl)c1)S(C)(=O)=O)C(=O)NC1CCCCC1. The number of nitrogens with zero attached hydrogens (tertiary/aromatic N) is 1. The highest BCUT2D eigenvalue weighted by molar-refractivity contribution is 7.92. The summed E-state index contributed by atoms with van der Waals surface area (Å²) < 4.78 is 27.1. The van der Waals surface area contributed by atoms with Crippen LogP contribution in [0.3, 0.4) is 0 Å². The summed E-state index contributed by atoms with van der Waals surface area (Å²) in [5.41, 5.74) is 1.21. The Hall–Kier alpha value is -3.15. The molecule has 0 aliphatic heterocycles. The molecule has 0 bridgehead atoms. The van der Waals surface area contributed by atoms with Crippen LogP contribution in [0.15, 0.2) is 72.8 Å². The van der Waals surface area contributed by atoms with E-state index in [1.165, 1.54) is 36.8 Å². The van der Waals surface area contributed by atoms with Gasteiger partial charge in [-0.05, 0) is 62.1 Å². The molecule has 4 N–H and O–H groups in total. The fourth-order valence-corrected chi connectivity index (χ4v) is 7.03. The third-order valence-corrected chi connectivity index (χ3v) is 9.35. The zero-order valence-corrected chi connectivity index (χ0v) is 27.7. The molecule has 242 valence electrons. The highest BCUT2D eigenvalue weighted by Gasteiger charge is 2.29. The highest BCUT2D eigenvalue weighted by atomic mass is 35.5. The van der Waals surface area contributed by atoms with Gasteiger partial charge in [-0.1, -0.05) is 84.9 Å². The average Bonchev–Trinajstić information content (AvgIpc) is 2.99. The minimum absolute atomic E-state index is 0.0369. The van der Waals surface area contributed by atoms with Gasteiger partial charge in [0.15, 0.2) is 0 Å². The molecule has 1 fully saturated rings. The summed E-state index contributed by atoms with van der Waals surface area (Å²) >= 11 is 12.4. The van der Waals surface area contributed by atoms with Gasteiger partial charge in [0.1, 0.15) is 0 Å². The number of anilines is 2. The monoisotopic (exact) mass is 674 g/mol. The Morgan fingerprint density at radius 1 is 0.956 bits per heavy atom. The van der Waals surface area contributed by atoms with Gasteiger partial charge in [0, 0.05) is 22.6 Å². The molecule has 0 heterocycles. The summed E-state index contributed by atoms with van der Waals surface area (Å²) in [6, 6.07) is 18.9. The van der Waals surface area contributed by atoms with Crippen molar-refractivity contribution in [2.24, 2.45) is 0 Å². The van der Waals surface area contributed by atoms with Crippen LogP contribution in [0.1, 0.15) is 54.9 Å². The van der Waals surface area contributed by atoms with E-state index in [0.717, 1.165) is 41.8 Å². The smallest absolute Gasteiger partial charge is 0.253 e. The summed E-state index contributed by atoms with van der Waals surface area (Å²) in [7, 11) is -3.95. The topological polar surface area (TPSA) is 128 Å². The van der Waals surface area contributed by atoms with Crippen LogP contribution in [-0.4, -0.2) is 62.4 Å². The third kappa shape index (κ3) is 9.92. The van der Waals surface area contributed by atoms with E-state index in [0.29, 0.717) is 6.42 Å². The maximum atomic E-state index is 13.9. The van der Waals surface area contributed by atoms with Crippen molar-refractivity contribution in [3.8, 4) is 0 Å². The van der Waals surface area contributed by atoms with Gasteiger partial charge in [-0.3, -0.25) is 9.59 Å². The summed E-state index contributed by atoms with van der Waals surface area (Å²) in [6.45, 7) is 1.78. The molecule has 45 heavy (non-hydrogen) atoms. The number of hydrogen-bond acceptors (Lipinski definition) is 6. The largest absolute Gasteiger partial charge is 0.390 e. The maximum absolute atomic E-state index is 13.9. The maximum Gasteiger partial charge on any atom is 0.253 e. The van der Waals surface area contributed by atoms with Gasteiger partial charge in [0.05, 0.1) is 41.4 Å². The molecule has 0 unspecified atom stereocenters. The number of hydrogen-bond donors (Lipinski definition) is 4. The van der Waals surface area contributed by atoms with Crippen LogP contribution >= 0.6 is 23.2 Å². The van der Waals surface area contributed by atoms with Gasteiger partial charge >= 0.3 is 0 Å². The minimum atomic E-state index is -3.95. The number of aliphatic hydroxyl groups is 1. The molecule has 0 spiro atoms. The molecule has 0 radical (unpaired) electrons. The predicted molar refractivity (Wildman–Crippen MR) is 180 cm³/mol. The number of nitrogens with one attached hydrogen (secondary N) is 3. The van der Waals surface area contributed by atoms with Crippen LogP contribution < -0.4 is 20.3 Å². The van der Waals surface area contributed by atoms with Crippen LogP contribution in [0.25, 0.3) is 0 Å². The van der Waals surface area contributed by atoms with E-state index in [9.17, 15) is 23.1 Å². The van der Waals surface area contributed by atoms with Crippen molar-refractivity contribution in [1.82, 2.24) is 16.0 Å². The van der Waals surface area contributed by atoms with Crippen molar-refractivity contribution in [2.75, 3.05) is 17.1 Å². The number of para-hydroxylation sites is 1. The molecule has 1 aliphatic carbocycles. The molecule has 0 saturated heterocycles. The number of amides is 2. The summed E-state index contributed by atoms with van der Waals surface area (Å²) in [6.07, 6.45) is 5.56. The van der Waals surface area contributed by atoms with Crippen LogP contribution in [-0.2, 0) is 21.2 Å². The van der Waals surface area contributed by atoms with E-state index in [-0.39, 0.29) is 45.5 Å². The number of rotatable bonds is 13. The second-order valence-corrected chi connectivity index (χ2v) is 14.2. The first-order valence-corrected chi connectivity index (χ1v) is 17.6. The summed E-state index contributed by atoms with van der Waals surface area (Å²) in [4.78, 5) is 26.6. The number of benzene rings is 3. The van der Waals surface area contributed by atoms with Crippen LogP contribution in [0, 0.1) is 0 Å². The first kappa shape index (κ1) is 34.7. The van der Waals surface area contributed by atoms with Gasteiger partial charge in [-0.15, -0.1) is 0 Å². The number of carbonyl (C=O) groups excluding carboxylic acids is 2. The predicted octanol–water partition coefficient (Wildman–Crippen LogP) is 5.22. The molecule has 12 heteroatoms. The normalized spacial score (nSPS) is 15.9. The zero-order valence-electron chi connectivity index (χ0n) is 25.4. The summed E-state index contributed by atoms with van der Waals surface area (Å²) in [5.74, 6) is -0.718. The fourth-order valence-electron chi connectivity index (χ4n) is 5.51. The fraction of sp³-hybridized carbons (Fsp3) is 0.394. The highest BCUT2D eigenvalue weighted by Crippen LogP contribution is 2.35.